The van der Waals surface area contributed by atoms with Gasteiger partial charge in [-0.1, -0.05) is 11.6 Å². The van der Waals surface area contributed by atoms with Crippen molar-refractivity contribution in [3.63, 3.8) is 0 Å². The molecule has 1 aromatic rings. The van der Waals surface area contributed by atoms with Crippen molar-refractivity contribution in [3.05, 3.63) is 28.8 Å². The molecule has 1 aromatic carbocycles. The Kier molecular flexibility index (Phi) is 4.52. The third-order valence-electron chi connectivity index (χ3n) is 3.50. The van der Waals surface area contributed by atoms with Crippen LogP contribution in [0.15, 0.2) is 18.2 Å². The maximum absolute atomic E-state index is 12.3. The smallest absolute Gasteiger partial charge is 0.253 e. The van der Waals surface area contributed by atoms with Crippen molar-refractivity contribution in [1.29, 1.82) is 0 Å². The van der Waals surface area contributed by atoms with E-state index in [4.69, 9.17) is 16.3 Å². The number of carbonyl (C=O) groups excluding carboxylic acids is 1. The van der Waals surface area contributed by atoms with Gasteiger partial charge in [-0.15, -0.1) is 0 Å². The lowest BCUT2D eigenvalue weighted by molar-refractivity contribution is -0.0734. The van der Waals surface area contributed by atoms with Crippen LogP contribution in [-0.2, 0) is 4.74 Å². The van der Waals surface area contributed by atoms with Crippen LogP contribution in [0.2, 0.25) is 5.02 Å². The largest absolute Gasteiger partial charge is 0.506 e. The number of hydrogen-bond acceptors (Lipinski definition) is 4. The number of rotatable bonds is 3. The van der Waals surface area contributed by atoms with E-state index in [1.54, 1.807) is 7.05 Å². The molecule has 2 N–H and O–H groups in total. The maximum Gasteiger partial charge on any atom is 0.253 e. The number of halogens is 1. The van der Waals surface area contributed by atoms with Crippen molar-refractivity contribution in [2.24, 2.45) is 0 Å². The van der Waals surface area contributed by atoms with Crippen LogP contribution >= 0.6 is 11.6 Å². The van der Waals surface area contributed by atoms with Crippen LogP contribution < -0.4 is 0 Å². The highest BCUT2D eigenvalue weighted by molar-refractivity contribution is 6.32. The summed E-state index contributed by atoms with van der Waals surface area (Å²) < 4.78 is 5.21. The molecule has 0 aromatic heterocycles. The fraction of sp³-hybridized carbons (Fsp3) is 0.500. The number of ether oxygens (including phenoxy) is 1. The van der Waals surface area contributed by atoms with Crippen molar-refractivity contribution in [1.82, 2.24) is 4.90 Å². The fourth-order valence-corrected chi connectivity index (χ4v) is 2.46. The van der Waals surface area contributed by atoms with Crippen molar-refractivity contribution in [3.8, 4) is 5.75 Å². The summed E-state index contributed by atoms with van der Waals surface area (Å²) in [4.78, 5) is 13.7. The van der Waals surface area contributed by atoms with Crippen molar-refractivity contribution >= 4 is 17.5 Å². The molecule has 1 amide bonds. The minimum Gasteiger partial charge on any atom is -0.506 e. The molecule has 0 bridgehead atoms. The predicted octanol–water partition coefficient (Wildman–Crippen LogP) is 1.66. The molecular weight excluding hydrogens is 282 g/mol. The Hall–Kier alpha value is -1.30. The van der Waals surface area contributed by atoms with Gasteiger partial charge < -0.3 is 19.8 Å². The van der Waals surface area contributed by atoms with E-state index >= 15 is 0 Å². The first-order valence-corrected chi connectivity index (χ1v) is 6.83. The predicted molar refractivity (Wildman–Crippen MR) is 75.1 cm³/mol. The highest BCUT2D eigenvalue weighted by atomic mass is 35.5. The number of aliphatic hydroxyl groups is 1. The Labute approximate surface area is 122 Å². The molecule has 0 saturated carbocycles. The van der Waals surface area contributed by atoms with Gasteiger partial charge in [0.1, 0.15) is 5.75 Å². The number of aromatic hydroxyl groups is 1. The molecule has 0 spiro atoms. The second-order valence-electron chi connectivity index (χ2n) is 5.16. The molecule has 5 nitrogen and oxygen atoms in total. The summed E-state index contributed by atoms with van der Waals surface area (Å²) in [5, 5.41) is 19.9. The van der Waals surface area contributed by atoms with Crippen molar-refractivity contribution in [2.45, 2.75) is 18.4 Å². The first-order valence-electron chi connectivity index (χ1n) is 6.45. The maximum atomic E-state index is 12.3. The standard InChI is InChI=1S/C14H18ClNO4/c1-16(9-14(19)4-6-20-7-5-14)13(18)10-2-3-12(17)11(15)8-10/h2-3,8,17,19H,4-7,9H2,1H3. The lowest BCUT2D eigenvalue weighted by atomic mass is 9.93. The third kappa shape index (κ3) is 3.42. The first-order chi connectivity index (χ1) is 9.41. The average Bonchev–Trinajstić information content (AvgIpc) is 2.41. The van der Waals surface area contributed by atoms with E-state index in [0.29, 0.717) is 31.6 Å². The summed E-state index contributed by atoms with van der Waals surface area (Å²) in [5.74, 6) is -0.305. The highest BCUT2D eigenvalue weighted by Gasteiger charge is 2.32. The van der Waals surface area contributed by atoms with Gasteiger partial charge in [-0.3, -0.25) is 4.79 Å². The topological polar surface area (TPSA) is 70.0 Å². The summed E-state index contributed by atoms with van der Waals surface area (Å²) in [6.45, 7) is 1.25. The van der Waals surface area contributed by atoms with Gasteiger partial charge in [0.25, 0.3) is 5.91 Å². The molecule has 1 saturated heterocycles. The first kappa shape index (κ1) is 15.1. The van der Waals surface area contributed by atoms with Crippen LogP contribution in [0, 0.1) is 0 Å². The average molecular weight is 300 g/mol. The quantitative estimate of drug-likeness (QED) is 0.890. The molecule has 0 radical (unpaired) electrons. The summed E-state index contributed by atoms with van der Waals surface area (Å²) in [5.41, 5.74) is -0.519. The molecule has 6 heteroatoms. The number of carbonyl (C=O) groups is 1. The molecule has 0 atom stereocenters. The van der Waals surface area contributed by atoms with Gasteiger partial charge in [0, 0.05) is 45.2 Å². The molecule has 2 rings (SSSR count). The summed E-state index contributed by atoms with van der Waals surface area (Å²) >= 11 is 5.80. The van der Waals surface area contributed by atoms with Crippen LogP contribution in [0.3, 0.4) is 0 Å². The number of phenolic OH excluding ortho intramolecular Hbond substituents is 1. The Morgan fingerprint density at radius 2 is 2.10 bits per heavy atom. The van der Waals surface area contributed by atoms with Crippen molar-refractivity contribution < 1.29 is 19.7 Å². The Balaban J connectivity index is 2.06. The van der Waals surface area contributed by atoms with E-state index in [-0.39, 0.29) is 23.2 Å². The molecule has 110 valence electrons. The summed E-state index contributed by atoms with van der Waals surface area (Å²) in [7, 11) is 1.64. The van der Waals surface area contributed by atoms with E-state index in [9.17, 15) is 15.0 Å². The van der Waals surface area contributed by atoms with Crippen molar-refractivity contribution in [2.75, 3.05) is 26.8 Å². The van der Waals surface area contributed by atoms with Gasteiger partial charge in [-0.2, -0.15) is 0 Å². The van der Waals surface area contributed by atoms with Crippen LogP contribution in [0.25, 0.3) is 0 Å². The molecule has 1 fully saturated rings. The lowest BCUT2D eigenvalue weighted by Gasteiger charge is -2.35. The summed E-state index contributed by atoms with van der Waals surface area (Å²) in [6.07, 6.45) is 1.03. The molecule has 1 aliphatic rings. The zero-order valence-corrected chi connectivity index (χ0v) is 12.1. The number of benzene rings is 1. The Morgan fingerprint density at radius 1 is 1.45 bits per heavy atom. The summed E-state index contributed by atoms with van der Waals surface area (Å²) in [6, 6.07) is 4.31. The van der Waals surface area contributed by atoms with Crippen LogP contribution in [0.5, 0.6) is 5.75 Å². The molecule has 20 heavy (non-hydrogen) atoms. The number of phenols is 1. The molecule has 1 heterocycles. The number of likely N-dealkylation sites (N-methyl/N-ethyl adjacent to an activating group) is 1. The van der Waals surface area contributed by atoms with E-state index in [0.717, 1.165) is 0 Å². The minimum absolute atomic E-state index is 0.0612. The molecule has 1 aliphatic heterocycles. The minimum atomic E-state index is -0.899. The lowest BCUT2D eigenvalue weighted by Crippen LogP contribution is -2.47. The molecule has 0 aliphatic carbocycles. The molecule has 0 unspecified atom stereocenters. The van der Waals surface area contributed by atoms with Crippen LogP contribution in [-0.4, -0.2) is 53.4 Å². The second kappa shape index (κ2) is 5.99. The second-order valence-corrected chi connectivity index (χ2v) is 5.57. The van der Waals surface area contributed by atoms with Crippen LogP contribution in [0.4, 0.5) is 0 Å². The highest BCUT2D eigenvalue weighted by Crippen LogP contribution is 2.25. The van der Waals surface area contributed by atoms with Crippen LogP contribution in [0.1, 0.15) is 23.2 Å². The van der Waals surface area contributed by atoms with Gasteiger partial charge in [0.2, 0.25) is 0 Å². The van der Waals surface area contributed by atoms with Gasteiger partial charge in [0.15, 0.2) is 0 Å². The number of amides is 1. The Bertz CT molecular complexity index is 500. The SMILES string of the molecule is CN(CC1(O)CCOCC1)C(=O)c1ccc(O)c(Cl)c1. The van der Waals surface area contributed by atoms with Gasteiger partial charge in [-0.25, -0.2) is 0 Å². The zero-order chi connectivity index (χ0) is 14.8. The molecular formula is C14H18ClNO4. The fourth-order valence-electron chi connectivity index (χ4n) is 2.28. The zero-order valence-electron chi connectivity index (χ0n) is 11.3. The van der Waals surface area contributed by atoms with E-state index in [1.165, 1.54) is 23.1 Å². The Morgan fingerprint density at radius 3 is 2.70 bits per heavy atom. The monoisotopic (exact) mass is 299 g/mol. The number of nitrogens with zero attached hydrogens (tertiary/aromatic N) is 1. The van der Waals surface area contributed by atoms with E-state index in [2.05, 4.69) is 0 Å². The third-order valence-corrected chi connectivity index (χ3v) is 3.80. The van der Waals surface area contributed by atoms with E-state index < -0.39 is 5.60 Å². The van der Waals surface area contributed by atoms with Gasteiger partial charge in [-0.05, 0) is 18.2 Å². The number of hydrogen-bond donors (Lipinski definition) is 2. The van der Waals surface area contributed by atoms with Gasteiger partial charge >= 0.3 is 0 Å². The van der Waals surface area contributed by atoms with Gasteiger partial charge in [0.05, 0.1) is 10.6 Å². The van der Waals surface area contributed by atoms with E-state index in [1.807, 2.05) is 0 Å². The normalized spacial score (nSPS) is 17.8.